The topological polar surface area (TPSA) is 84.3 Å². The number of likely N-dealkylation sites (tertiary alicyclic amines) is 1. The number of ketones is 1. The summed E-state index contributed by atoms with van der Waals surface area (Å²) >= 11 is 0. The molecule has 0 aromatic heterocycles. The molecule has 3 aliphatic rings. The average Bonchev–Trinajstić information content (AvgIpc) is 3.21. The molecule has 204 valence electrons. The summed E-state index contributed by atoms with van der Waals surface area (Å²) < 4.78 is 0. The van der Waals surface area contributed by atoms with E-state index in [4.69, 9.17) is 0 Å². The van der Waals surface area contributed by atoms with Gasteiger partial charge in [0.1, 0.15) is 6.23 Å². The summed E-state index contributed by atoms with van der Waals surface area (Å²) in [6.07, 6.45) is 8.79. The van der Waals surface area contributed by atoms with E-state index in [9.17, 15) is 19.8 Å². The Hall–Kier alpha value is -2.58. The fourth-order valence-corrected chi connectivity index (χ4v) is 6.89. The molecule has 2 saturated heterocycles. The molecule has 1 unspecified atom stereocenters. The zero-order chi connectivity index (χ0) is 26.5. The van der Waals surface area contributed by atoms with E-state index in [0.29, 0.717) is 25.7 Å². The number of nitrogens with zero attached hydrogens (tertiary/aromatic N) is 3. The van der Waals surface area contributed by atoms with Crippen molar-refractivity contribution in [3.8, 4) is 0 Å². The number of hydrogen-bond donors (Lipinski definition) is 2. The average molecular weight is 520 g/mol. The van der Waals surface area contributed by atoms with E-state index in [1.807, 2.05) is 36.4 Å². The molecule has 2 aromatic carbocycles. The van der Waals surface area contributed by atoms with Crippen LogP contribution >= 0.6 is 0 Å². The summed E-state index contributed by atoms with van der Waals surface area (Å²) in [6.45, 7) is 4.00. The third kappa shape index (κ3) is 5.86. The number of carboxylic acids is 1. The molecule has 1 aliphatic carbocycles. The Morgan fingerprint density at radius 3 is 2.34 bits per heavy atom. The highest BCUT2D eigenvalue weighted by Crippen LogP contribution is 2.43. The van der Waals surface area contributed by atoms with Crippen LogP contribution in [-0.2, 0) is 6.54 Å². The molecule has 7 heteroatoms. The number of Topliss-reactive ketones (excluding diaryl/α,β-unsaturated/α-hetero) is 1. The second-order valence-electron chi connectivity index (χ2n) is 11.4. The molecule has 1 saturated carbocycles. The maximum atomic E-state index is 12.5. The Kier molecular flexibility index (Phi) is 8.58. The number of carbonyl (C=O) groups excluding carboxylic acids is 1. The molecule has 2 aromatic rings. The third-order valence-electron chi connectivity index (χ3n) is 9.00. The molecule has 2 N–H and O–H groups in total. The fraction of sp³-hybridized carbons (Fsp3) is 0.548. The third-order valence-corrected chi connectivity index (χ3v) is 9.00. The van der Waals surface area contributed by atoms with Gasteiger partial charge in [0.25, 0.3) is 0 Å². The molecule has 0 amide bonds. The zero-order valence-corrected chi connectivity index (χ0v) is 22.3. The summed E-state index contributed by atoms with van der Waals surface area (Å²) in [5.41, 5.74) is 1.72. The second kappa shape index (κ2) is 12.1. The minimum absolute atomic E-state index is 0.205. The summed E-state index contributed by atoms with van der Waals surface area (Å²) in [7, 11) is 0. The number of benzene rings is 2. The molecule has 1 atom stereocenters. The molecule has 2 aliphatic heterocycles. The van der Waals surface area contributed by atoms with Gasteiger partial charge in [0.05, 0.1) is 17.8 Å². The number of aromatic carboxylic acids is 1. The van der Waals surface area contributed by atoms with Crippen molar-refractivity contribution >= 4 is 11.8 Å². The minimum Gasteiger partial charge on any atom is -0.478 e. The lowest BCUT2D eigenvalue weighted by Crippen LogP contribution is -2.60. The van der Waals surface area contributed by atoms with Gasteiger partial charge in [-0.15, -0.1) is 0 Å². The summed E-state index contributed by atoms with van der Waals surface area (Å²) in [6, 6.07) is 17.1. The standard InChI is InChI=1S/C31H41N3O4/c35-28(25-10-3-1-4-11-25)15-8-18-32-19-16-31(17-20-32)30(38)33(23-34(31)27-13-5-2-6-14-27)22-24-9-7-12-26(21-24)29(36)37/h1,3-4,7,9-12,21,27,30,38H,2,5-6,8,13-20,22-23H2,(H,36,37). The SMILES string of the molecule is O=C(O)c1cccc(CN2CN(C3CCCCC3)C3(CCN(CCCC(=O)c4ccccc4)CC3)C2O)c1. The van der Waals surface area contributed by atoms with Crippen molar-refractivity contribution in [2.45, 2.75) is 82.1 Å². The van der Waals surface area contributed by atoms with Crippen LogP contribution in [0.1, 0.15) is 84.1 Å². The van der Waals surface area contributed by atoms with Gasteiger partial charge in [-0.2, -0.15) is 0 Å². The Morgan fingerprint density at radius 1 is 0.921 bits per heavy atom. The molecule has 38 heavy (non-hydrogen) atoms. The highest BCUT2D eigenvalue weighted by atomic mass is 16.4. The number of carbonyl (C=O) groups is 2. The first kappa shape index (κ1) is 27.0. The predicted molar refractivity (Wildman–Crippen MR) is 147 cm³/mol. The Balaban J connectivity index is 1.23. The normalized spacial score (nSPS) is 23.1. The Morgan fingerprint density at radius 2 is 1.63 bits per heavy atom. The number of rotatable bonds is 9. The van der Waals surface area contributed by atoms with E-state index in [1.165, 1.54) is 32.1 Å². The lowest BCUT2D eigenvalue weighted by molar-refractivity contribution is -0.0681. The first-order chi connectivity index (χ1) is 18.5. The van der Waals surface area contributed by atoms with Crippen LogP contribution in [0.5, 0.6) is 0 Å². The quantitative estimate of drug-likeness (QED) is 0.468. The molecule has 2 heterocycles. The van der Waals surface area contributed by atoms with E-state index in [0.717, 1.165) is 50.0 Å². The van der Waals surface area contributed by atoms with Gasteiger partial charge in [0.2, 0.25) is 0 Å². The van der Waals surface area contributed by atoms with Crippen LogP contribution in [0.15, 0.2) is 54.6 Å². The van der Waals surface area contributed by atoms with Crippen molar-refractivity contribution in [2.75, 3.05) is 26.3 Å². The maximum absolute atomic E-state index is 12.5. The maximum Gasteiger partial charge on any atom is 0.335 e. The molecule has 0 radical (unpaired) electrons. The number of aliphatic hydroxyl groups excluding tert-OH is 1. The lowest BCUT2D eigenvalue weighted by Gasteiger charge is -2.49. The second-order valence-corrected chi connectivity index (χ2v) is 11.4. The van der Waals surface area contributed by atoms with Gasteiger partial charge < -0.3 is 15.1 Å². The molecular weight excluding hydrogens is 478 g/mol. The number of piperidine rings is 1. The van der Waals surface area contributed by atoms with Crippen LogP contribution in [0.3, 0.4) is 0 Å². The van der Waals surface area contributed by atoms with Crippen molar-refractivity contribution in [3.63, 3.8) is 0 Å². The van der Waals surface area contributed by atoms with E-state index in [2.05, 4.69) is 14.7 Å². The van der Waals surface area contributed by atoms with Crippen molar-refractivity contribution < 1.29 is 19.8 Å². The molecule has 1 spiro atoms. The molecule has 3 fully saturated rings. The molecule has 7 nitrogen and oxygen atoms in total. The van der Waals surface area contributed by atoms with Crippen LogP contribution in [0.2, 0.25) is 0 Å². The molecule has 5 rings (SSSR count). The fourth-order valence-electron chi connectivity index (χ4n) is 6.89. The van der Waals surface area contributed by atoms with Crippen LogP contribution in [-0.4, -0.2) is 80.8 Å². The highest BCUT2D eigenvalue weighted by Gasteiger charge is 2.55. The number of carboxylic acid groups (broad SMARTS) is 1. The number of aliphatic hydroxyl groups is 1. The van der Waals surface area contributed by atoms with E-state index >= 15 is 0 Å². The van der Waals surface area contributed by atoms with E-state index in [1.54, 1.807) is 18.2 Å². The van der Waals surface area contributed by atoms with Crippen LogP contribution in [0.25, 0.3) is 0 Å². The van der Waals surface area contributed by atoms with Gasteiger partial charge in [-0.25, -0.2) is 4.79 Å². The van der Waals surface area contributed by atoms with Gasteiger partial charge >= 0.3 is 5.97 Å². The van der Waals surface area contributed by atoms with Crippen LogP contribution < -0.4 is 0 Å². The largest absolute Gasteiger partial charge is 0.478 e. The highest BCUT2D eigenvalue weighted by molar-refractivity contribution is 5.95. The molecule has 0 bridgehead atoms. The predicted octanol–water partition coefficient (Wildman–Crippen LogP) is 4.61. The number of hydrogen-bond acceptors (Lipinski definition) is 6. The zero-order valence-electron chi connectivity index (χ0n) is 22.3. The lowest BCUT2D eigenvalue weighted by atomic mass is 9.82. The van der Waals surface area contributed by atoms with Gasteiger partial charge in [-0.1, -0.05) is 61.7 Å². The smallest absolute Gasteiger partial charge is 0.335 e. The van der Waals surface area contributed by atoms with E-state index in [-0.39, 0.29) is 16.9 Å². The monoisotopic (exact) mass is 519 g/mol. The van der Waals surface area contributed by atoms with Crippen LogP contribution in [0.4, 0.5) is 0 Å². The Bertz CT molecular complexity index is 1090. The van der Waals surface area contributed by atoms with Crippen molar-refractivity contribution in [1.82, 2.24) is 14.7 Å². The Labute approximate surface area is 226 Å². The summed E-state index contributed by atoms with van der Waals surface area (Å²) in [5.74, 6) is -0.719. The van der Waals surface area contributed by atoms with Gasteiger partial charge in [-0.05, 0) is 56.3 Å². The first-order valence-electron chi connectivity index (χ1n) is 14.3. The van der Waals surface area contributed by atoms with Gasteiger partial charge in [-0.3, -0.25) is 14.6 Å². The van der Waals surface area contributed by atoms with Crippen molar-refractivity contribution in [3.05, 3.63) is 71.3 Å². The van der Waals surface area contributed by atoms with Crippen molar-refractivity contribution in [1.29, 1.82) is 0 Å². The van der Waals surface area contributed by atoms with Crippen LogP contribution in [0, 0.1) is 0 Å². The minimum atomic E-state index is -0.924. The van der Waals surface area contributed by atoms with Gasteiger partial charge in [0, 0.05) is 37.7 Å². The molecular formula is C31H41N3O4. The summed E-state index contributed by atoms with van der Waals surface area (Å²) in [5, 5.41) is 21.2. The summed E-state index contributed by atoms with van der Waals surface area (Å²) in [4.78, 5) is 31.2. The van der Waals surface area contributed by atoms with E-state index < -0.39 is 12.2 Å². The first-order valence-corrected chi connectivity index (χ1v) is 14.3. The van der Waals surface area contributed by atoms with Crippen molar-refractivity contribution in [2.24, 2.45) is 0 Å². The van der Waals surface area contributed by atoms with Gasteiger partial charge in [0.15, 0.2) is 5.78 Å².